The van der Waals surface area contributed by atoms with E-state index in [2.05, 4.69) is 41.5 Å². The minimum atomic E-state index is -0.0253. The molecule has 5 heteroatoms. The monoisotopic (exact) mass is 365 g/mol. The molecule has 1 aliphatic rings. The molecule has 1 unspecified atom stereocenters. The summed E-state index contributed by atoms with van der Waals surface area (Å²) in [6.45, 7) is 2.88. The number of nitrogens with zero attached hydrogens (tertiary/aromatic N) is 1. The number of hydrogen-bond acceptors (Lipinski definition) is 2. The van der Waals surface area contributed by atoms with E-state index in [4.69, 9.17) is 0 Å². The van der Waals surface area contributed by atoms with Crippen LogP contribution in [0.5, 0.6) is 0 Å². The number of hydrogen-bond donors (Lipinski definition) is 2. The number of para-hydroxylation sites is 2. The third-order valence-corrected chi connectivity index (χ3v) is 5.95. The Morgan fingerprint density at radius 1 is 1.23 bits per heavy atom. The van der Waals surface area contributed by atoms with Gasteiger partial charge in [-0.3, -0.25) is 0 Å². The second kappa shape index (κ2) is 7.08. The Balaban J connectivity index is 1.64. The number of carbonyl (C=O) groups is 1. The van der Waals surface area contributed by atoms with Crippen molar-refractivity contribution in [2.75, 3.05) is 18.1 Å². The number of urea groups is 1. The Morgan fingerprint density at radius 3 is 2.81 bits per heavy atom. The van der Waals surface area contributed by atoms with Crippen LogP contribution < -0.4 is 5.32 Å². The zero-order chi connectivity index (χ0) is 18.1. The molecule has 4 nitrogen and oxygen atoms in total. The topological polar surface area (TPSA) is 48.1 Å². The van der Waals surface area contributed by atoms with Crippen molar-refractivity contribution in [1.29, 1.82) is 0 Å². The van der Waals surface area contributed by atoms with Gasteiger partial charge in [0.15, 0.2) is 0 Å². The van der Waals surface area contributed by atoms with Gasteiger partial charge in [0.25, 0.3) is 0 Å². The summed E-state index contributed by atoms with van der Waals surface area (Å²) in [5, 5.41) is 4.40. The molecule has 0 saturated heterocycles. The van der Waals surface area contributed by atoms with E-state index < -0.39 is 0 Å². The van der Waals surface area contributed by atoms with Gasteiger partial charge in [-0.25, -0.2) is 4.79 Å². The van der Waals surface area contributed by atoms with Crippen LogP contribution in [0.4, 0.5) is 10.5 Å². The zero-order valence-electron chi connectivity index (χ0n) is 15.1. The van der Waals surface area contributed by atoms with Crippen LogP contribution in [0, 0.1) is 0 Å². The Hall–Kier alpha value is -2.40. The Kier molecular flexibility index (Phi) is 4.64. The number of fused-ring (bicyclic) bond motifs is 3. The third-order valence-electron chi connectivity index (χ3n) is 5.15. The number of anilines is 1. The van der Waals surface area contributed by atoms with Crippen molar-refractivity contribution >= 4 is 34.4 Å². The van der Waals surface area contributed by atoms with Crippen LogP contribution in [-0.4, -0.2) is 28.7 Å². The van der Waals surface area contributed by atoms with Crippen LogP contribution in [-0.2, 0) is 6.42 Å². The lowest BCUT2D eigenvalue weighted by Gasteiger charge is -2.35. The van der Waals surface area contributed by atoms with Gasteiger partial charge in [0, 0.05) is 28.0 Å². The predicted octanol–water partition coefficient (Wildman–Crippen LogP) is 5.43. The second-order valence-electron chi connectivity index (χ2n) is 6.56. The summed E-state index contributed by atoms with van der Waals surface area (Å²) >= 11 is 1.64. The molecule has 26 heavy (non-hydrogen) atoms. The fourth-order valence-corrected chi connectivity index (χ4v) is 4.47. The quantitative estimate of drug-likeness (QED) is 0.608. The van der Waals surface area contributed by atoms with E-state index in [-0.39, 0.29) is 12.1 Å². The summed E-state index contributed by atoms with van der Waals surface area (Å²) < 4.78 is 0. The highest BCUT2D eigenvalue weighted by Gasteiger charge is 2.32. The summed E-state index contributed by atoms with van der Waals surface area (Å²) in [6.07, 6.45) is 3.79. The van der Waals surface area contributed by atoms with E-state index in [0.29, 0.717) is 0 Å². The van der Waals surface area contributed by atoms with E-state index >= 15 is 0 Å². The minimum absolute atomic E-state index is 0.0253. The number of amides is 2. The number of aromatic nitrogens is 1. The highest BCUT2D eigenvalue weighted by atomic mass is 32.2. The lowest BCUT2D eigenvalue weighted by Crippen LogP contribution is -2.42. The van der Waals surface area contributed by atoms with Crippen molar-refractivity contribution in [3.05, 3.63) is 59.8 Å². The van der Waals surface area contributed by atoms with E-state index in [1.807, 2.05) is 35.4 Å². The largest absolute Gasteiger partial charge is 0.356 e. The van der Waals surface area contributed by atoms with E-state index in [9.17, 15) is 4.79 Å². The molecule has 2 heterocycles. The lowest BCUT2D eigenvalue weighted by molar-refractivity contribution is 0.179. The van der Waals surface area contributed by atoms with Crippen LogP contribution in [0.3, 0.4) is 0 Å². The van der Waals surface area contributed by atoms with E-state index in [0.717, 1.165) is 35.5 Å². The fraction of sp³-hybridized carbons (Fsp3) is 0.286. The van der Waals surface area contributed by atoms with E-state index in [1.165, 1.54) is 16.6 Å². The maximum atomic E-state index is 13.0. The van der Waals surface area contributed by atoms with Crippen LogP contribution in [0.15, 0.2) is 53.4 Å². The first-order valence-corrected chi connectivity index (χ1v) is 10.3. The van der Waals surface area contributed by atoms with Gasteiger partial charge < -0.3 is 15.2 Å². The molecular weight excluding hydrogens is 342 g/mol. The number of aromatic amines is 1. The maximum Gasteiger partial charge on any atom is 0.322 e. The van der Waals surface area contributed by atoms with Crippen molar-refractivity contribution in [2.24, 2.45) is 0 Å². The first kappa shape index (κ1) is 17.0. The molecule has 1 aliphatic heterocycles. The summed E-state index contributed by atoms with van der Waals surface area (Å²) in [5.41, 5.74) is 4.59. The number of carbonyl (C=O) groups excluding carboxylic acids is 1. The van der Waals surface area contributed by atoms with Gasteiger partial charge in [0.1, 0.15) is 0 Å². The van der Waals surface area contributed by atoms with Gasteiger partial charge in [-0.2, -0.15) is 0 Å². The number of thioether (sulfide) groups is 1. The molecule has 2 amide bonds. The molecule has 0 aliphatic carbocycles. The third kappa shape index (κ3) is 2.86. The lowest BCUT2D eigenvalue weighted by atomic mass is 9.96. The van der Waals surface area contributed by atoms with Crippen molar-refractivity contribution in [3.63, 3.8) is 0 Å². The second-order valence-corrected chi connectivity index (χ2v) is 7.41. The Bertz CT molecular complexity index is 949. The molecule has 1 atom stereocenters. The van der Waals surface area contributed by atoms with Crippen molar-refractivity contribution in [3.8, 4) is 0 Å². The Morgan fingerprint density at radius 2 is 2.00 bits per heavy atom. The highest BCUT2D eigenvalue weighted by Crippen LogP contribution is 2.36. The summed E-state index contributed by atoms with van der Waals surface area (Å²) in [7, 11) is 0. The summed E-state index contributed by atoms with van der Waals surface area (Å²) in [6, 6.07) is 16.4. The predicted molar refractivity (Wildman–Crippen MR) is 109 cm³/mol. The van der Waals surface area contributed by atoms with Gasteiger partial charge >= 0.3 is 6.03 Å². The fourth-order valence-electron chi connectivity index (χ4n) is 3.92. The van der Waals surface area contributed by atoms with Crippen LogP contribution >= 0.6 is 11.8 Å². The molecule has 0 saturated carbocycles. The molecule has 134 valence electrons. The number of nitrogens with one attached hydrogen (secondary N) is 2. The molecule has 0 radical (unpaired) electrons. The summed E-state index contributed by atoms with van der Waals surface area (Å²) in [4.78, 5) is 19.6. The molecule has 0 fully saturated rings. The summed E-state index contributed by atoms with van der Waals surface area (Å²) in [5.74, 6) is 0. The normalized spacial score (nSPS) is 16.5. The molecule has 2 N–H and O–H groups in total. The van der Waals surface area contributed by atoms with E-state index in [1.54, 1.807) is 11.8 Å². The van der Waals surface area contributed by atoms with Crippen molar-refractivity contribution in [1.82, 2.24) is 9.88 Å². The van der Waals surface area contributed by atoms with Gasteiger partial charge in [0.05, 0.1) is 11.7 Å². The number of benzene rings is 2. The molecule has 3 aromatic rings. The number of H-pyrrole nitrogens is 1. The zero-order valence-corrected chi connectivity index (χ0v) is 15.9. The highest BCUT2D eigenvalue weighted by molar-refractivity contribution is 7.98. The molecular formula is C21H23N3OS. The molecule has 1 aromatic heterocycles. The van der Waals surface area contributed by atoms with Crippen LogP contribution in [0.25, 0.3) is 10.9 Å². The standard InChI is InChI=1S/C21H23N3OS/c1-3-18-20-15(14-8-4-5-9-16(14)22-20)12-13-24(18)21(25)23-17-10-6-7-11-19(17)26-2/h4-11,18,22H,3,12-13H2,1-2H3,(H,23,25). The average Bonchev–Trinajstić information content (AvgIpc) is 3.06. The molecule has 0 spiro atoms. The van der Waals surface area contributed by atoms with Crippen LogP contribution in [0.1, 0.15) is 30.6 Å². The molecule has 4 rings (SSSR count). The van der Waals surface area contributed by atoms with Crippen molar-refractivity contribution in [2.45, 2.75) is 30.7 Å². The molecule has 2 aromatic carbocycles. The van der Waals surface area contributed by atoms with Crippen molar-refractivity contribution < 1.29 is 4.79 Å². The Labute approximate surface area is 158 Å². The first-order chi connectivity index (χ1) is 12.7. The van der Waals surface area contributed by atoms with Gasteiger partial charge in [0.2, 0.25) is 0 Å². The van der Waals surface area contributed by atoms with Crippen LogP contribution in [0.2, 0.25) is 0 Å². The van der Waals surface area contributed by atoms with Gasteiger partial charge in [-0.15, -0.1) is 11.8 Å². The minimum Gasteiger partial charge on any atom is -0.356 e. The maximum absolute atomic E-state index is 13.0. The SMILES string of the molecule is CCC1c2[nH]c3ccccc3c2CCN1C(=O)Nc1ccccc1SC. The molecule has 0 bridgehead atoms. The number of rotatable bonds is 3. The first-order valence-electron chi connectivity index (χ1n) is 9.03. The average molecular weight is 366 g/mol. The van der Waals surface area contributed by atoms with Gasteiger partial charge in [-0.1, -0.05) is 37.3 Å². The smallest absolute Gasteiger partial charge is 0.322 e. The van der Waals surface area contributed by atoms with Gasteiger partial charge in [-0.05, 0) is 42.9 Å².